The maximum absolute atomic E-state index is 12.2. The highest BCUT2D eigenvalue weighted by Crippen LogP contribution is 2.27. The molecule has 20 heavy (non-hydrogen) atoms. The number of hydrogen-bond acceptors (Lipinski definition) is 3. The number of hydrogen-bond donors (Lipinski definition) is 3. The second-order valence-electron chi connectivity index (χ2n) is 6.35. The number of imidazole rings is 1. The van der Waals surface area contributed by atoms with Gasteiger partial charge in [0.25, 0.3) is 0 Å². The first-order chi connectivity index (χ1) is 9.72. The Morgan fingerprint density at radius 2 is 2.40 bits per heavy atom. The summed E-state index contributed by atoms with van der Waals surface area (Å²) in [6.45, 7) is 3.85. The minimum absolute atomic E-state index is 0.122. The van der Waals surface area contributed by atoms with Crippen molar-refractivity contribution in [3.8, 4) is 0 Å². The summed E-state index contributed by atoms with van der Waals surface area (Å²) in [6.07, 6.45) is 7.55. The van der Waals surface area contributed by atoms with E-state index in [1.807, 2.05) is 0 Å². The van der Waals surface area contributed by atoms with Gasteiger partial charge in [-0.1, -0.05) is 19.8 Å². The minimum atomic E-state index is -0.133. The zero-order valence-electron chi connectivity index (χ0n) is 12.1. The van der Waals surface area contributed by atoms with Crippen molar-refractivity contribution in [3.63, 3.8) is 0 Å². The lowest BCUT2D eigenvalue weighted by atomic mass is 9.82. The normalized spacial score (nSPS) is 29.8. The van der Waals surface area contributed by atoms with Crippen molar-refractivity contribution < 1.29 is 4.79 Å². The molecule has 3 unspecified atom stereocenters. The van der Waals surface area contributed by atoms with Crippen molar-refractivity contribution in [1.29, 1.82) is 0 Å². The van der Waals surface area contributed by atoms with Crippen molar-refractivity contribution in [3.05, 3.63) is 17.7 Å². The van der Waals surface area contributed by atoms with E-state index in [-0.39, 0.29) is 11.9 Å². The summed E-state index contributed by atoms with van der Waals surface area (Å²) in [5.74, 6) is 1.59. The number of aromatic amines is 1. The van der Waals surface area contributed by atoms with Gasteiger partial charge in [-0.2, -0.15) is 0 Å². The number of nitrogens with one attached hydrogen (secondary N) is 3. The van der Waals surface area contributed by atoms with E-state index >= 15 is 0 Å². The van der Waals surface area contributed by atoms with Crippen LogP contribution in [0.5, 0.6) is 0 Å². The summed E-state index contributed by atoms with van der Waals surface area (Å²) in [6, 6.07) is -0.133. The predicted molar refractivity (Wildman–Crippen MR) is 77.1 cm³/mol. The predicted octanol–water partition coefficient (Wildman–Crippen LogP) is 1.37. The first-order valence-electron chi connectivity index (χ1n) is 7.74. The molecule has 2 heterocycles. The zero-order chi connectivity index (χ0) is 13.9. The van der Waals surface area contributed by atoms with Crippen LogP contribution in [0.15, 0.2) is 6.33 Å². The van der Waals surface area contributed by atoms with E-state index in [1.165, 1.54) is 25.7 Å². The molecule has 1 saturated carbocycles. The first kappa shape index (κ1) is 13.6. The molecule has 5 heteroatoms. The molecule has 0 saturated heterocycles. The monoisotopic (exact) mass is 276 g/mol. The lowest BCUT2D eigenvalue weighted by Crippen LogP contribution is -2.48. The van der Waals surface area contributed by atoms with Crippen LogP contribution in [-0.2, 0) is 17.8 Å². The Labute approximate surface area is 119 Å². The smallest absolute Gasteiger partial charge is 0.237 e. The highest BCUT2D eigenvalue weighted by atomic mass is 16.2. The van der Waals surface area contributed by atoms with Crippen LogP contribution >= 0.6 is 0 Å². The molecule has 1 aliphatic carbocycles. The Bertz CT molecular complexity index is 470. The molecule has 1 aromatic heterocycles. The van der Waals surface area contributed by atoms with Crippen molar-refractivity contribution in [2.45, 2.75) is 51.6 Å². The van der Waals surface area contributed by atoms with Gasteiger partial charge in [0.05, 0.1) is 23.8 Å². The number of aromatic nitrogens is 2. The molecule has 5 nitrogen and oxygen atoms in total. The fraction of sp³-hybridized carbons (Fsp3) is 0.733. The molecule has 1 aromatic rings. The Balaban J connectivity index is 1.48. The number of carbonyl (C=O) groups is 1. The largest absolute Gasteiger partial charge is 0.354 e. The van der Waals surface area contributed by atoms with Crippen molar-refractivity contribution in [1.82, 2.24) is 20.6 Å². The van der Waals surface area contributed by atoms with E-state index in [9.17, 15) is 4.79 Å². The number of nitrogens with zero attached hydrogens (tertiary/aromatic N) is 1. The molecule has 1 aliphatic heterocycles. The molecular weight excluding hydrogens is 252 g/mol. The second-order valence-corrected chi connectivity index (χ2v) is 6.35. The molecule has 0 spiro atoms. The highest BCUT2D eigenvalue weighted by Gasteiger charge is 2.26. The summed E-state index contributed by atoms with van der Waals surface area (Å²) in [7, 11) is 0. The second kappa shape index (κ2) is 5.95. The van der Waals surface area contributed by atoms with Gasteiger partial charge in [0.15, 0.2) is 0 Å². The number of amides is 1. The number of carbonyl (C=O) groups excluding carboxylic acids is 1. The Kier molecular flexibility index (Phi) is 4.05. The third kappa shape index (κ3) is 3.03. The SMILES string of the molecule is CC1CCCC(CNC(=O)C2Cc3nc[nH]c3CN2)C1. The number of H-pyrrole nitrogens is 1. The standard InChI is InChI=1S/C15H24N4O/c1-10-3-2-4-11(5-10)7-17-15(20)13-6-12-14(8-16-13)19-9-18-12/h9-11,13,16H,2-8H2,1H3,(H,17,20)(H,18,19). The van der Waals surface area contributed by atoms with Gasteiger partial charge in [-0.25, -0.2) is 4.98 Å². The maximum Gasteiger partial charge on any atom is 0.237 e. The quantitative estimate of drug-likeness (QED) is 0.781. The van der Waals surface area contributed by atoms with Crippen LogP contribution in [-0.4, -0.2) is 28.5 Å². The maximum atomic E-state index is 12.2. The Hall–Kier alpha value is -1.36. The van der Waals surface area contributed by atoms with Crippen LogP contribution in [0.4, 0.5) is 0 Å². The van der Waals surface area contributed by atoms with E-state index in [1.54, 1.807) is 6.33 Å². The topological polar surface area (TPSA) is 69.8 Å². The van der Waals surface area contributed by atoms with Crippen LogP contribution < -0.4 is 10.6 Å². The van der Waals surface area contributed by atoms with E-state index < -0.39 is 0 Å². The summed E-state index contributed by atoms with van der Waals surface area (Å²) in [5.41, 5.74) is 2.13. The number of fused-ring (bicyclic) bond motifs is 1. The molecule has 3 N–H and O–H groups in total. The van der Waals surface area contributed by atoms with Gasteiger partial charge in [0.2, 0.25) is 5.91 Å². The van der Waals surface area contributed by atoms with Gasteiger partial charge in [-0.3, -0.25) is 10.1 Å². The number of rotatable bonds is 3. The van der Waals surface area contributed by atoms with Crippen LogP contribution in [0.3, 0.4) is 0 Å². The summed E-state index contributed by atoms with van der Waals surface area (Å²) >= 11 is 0. The molecule has 110 valence electrons. The third-order valence-electron chi connectivity index (χ3n) is 4.66. The Morgan fingerprint density at radius 1 is 1.50 bits per heavy atom. The zero-order valence-corrected chi connectivity index (χ0v) is 12.1. The average Bonchev–Trinajstić information content (AvgIpc) is 2.92. The van der Waals surface area contributed by atoms with E-state index in [0.29, 0.717) is 18.9 Å². The van der Waals surface area contributed by atoms with Crippen LogP contribution in [0.25, 0.3) is 0 Å². The molecule has 0 bridgehead atoms. The summed E-state index contributed by atoms with van der Waals surface area (Å²) in [4.78, 5) is 19.6. The van der Waals surface area contributed by atoms with Crippen molar-refractivity contribution >= 4 is 5.91 Å². The summed E-state index contributed by atoms with van der Waals surface area (Å²) in [5, 5.41) is 6.40. The molecule has 2 aliphatic rings. The molecule has 1 fully saturated rings. The van der Waals surface area contributed by atoms with Gasteiger partial charge < -0.3 is 10.3 Å². The lowest BCUT2D eigenvalue weighted by molar-refractivity contribution is -0.123. The molecule has 3 atom stereocenters. The highest BCUT2D eigenvalue weighted by molar-refractivity contribution is 5.82. The fourth-order valence-corrected chi connectivity index (χ4v) is 3.47. The average molecular weight is 276 g/mol. The molecular formula is C15H24N4O. The van der Waals surface area contributed by atoms with Crippen LogP contribution in [0.2, 0.25) is 0 Å². The van der Waals surface area contributed by atoms with Gasteiger partial charge in [0, 0.05) is 19.5 Å². The van der Waals surface area contributed by atoms with Crippen LogP contribution in [0.1, 0.15) is 44.0 Å². The van der Waals surface area contributed by atoms with E-state index in [2.05, 4.69) is 27.5 Å². The van der Waals surface area contributed by atoms with E-state index in [0.717, 1.165) is 23.9 Å². The molecule has 1 amide bonds. The van der Waals surface area contributed by atoms with Gasteiger partial charge in [-0.15, -0.1) is 0 Å². The van der Waals surface area contributed by atoms with Gasteiger partial charge in [0.1, 0.15) is 0 Å². The van der Waals surface area contributed by atoms with Gasteiger partial charge in [-0.05, 0) is 24.7 Å². The minimum Gasteiger partial charge on any atom is -0.354 e. The van der Waals surface area contributed by atoms with Gasteiger partial charge >= 0.3 is 0 Å². The van der Waals surface area contributed by atoms with E-state index in [4.69, 9.17) is 0 Å². The first-order valence-corrected chi connectivity index (χ1v) is 7.74. The van der Waals surface area contributed by atoms with Crippen molar-refractivity contribution in [2.24, 2.45) is 11.8 Å². The molecule has 0 aromatic carbocycles. The fourth-order valence-electron chi connectivity index (χ4n) is 3.47. The Morgan fingerprint density at radius 3 is 3.25 bits per heavy atom. The lowest BCUT2D eigenvalue weighted by Gasteiger charge is -2.28. The van der Waals surface area contributed by atoms with Crippen molar-refractivity contribution in [2.75, 3.05) is 6.54 Å². The third-order valence-corrected chi connectivity index (χ3v) is 4.66. The molecule has 3 rings (SSSR count). The molecule has 0 radical (unpaired) electrons. The van der Waals surface area contributed by atoms with Crippen LogP contribution in [0, 0.1) is 11.8 Å². The summed E-state index contributed by atoms with van der Waals surface area (Å²) < 4.78 is 0.